The molecule has 5 heteroatoms. The van der Waals surface area contributed by atoms with Crippen LogP contribution in [0, 0.1) is 0 Å². The molecule has 1 amide bonds. The minimum absolute atomic E-state index is 0.165. The third-order valence-corrected chi connectivity index (χ3v) is 2.66. The van der Waals surface area contributed by atoms with E-state index in [1.807, 2.05) is 6.07 Å². The van der Waals surface area contributed by atoms with Crippen LogP contribution in [-0.4, -0.2) is 30.2 Å². The summed E-state index contributed by atoms with van der Waals surface area (Å²) < 4.78 is 4.69. The number of amides is 1. The second-order valence-corrected chi connectivity index (χ2v) is 4.32. The maximum atomic E-state index is 11.7. The normalized spacial score (nSPS) is 13.4. The first-order chi connectivity index (χ1) is 9.04. The van der Waals surface area contributed by atoms with Crippen molar-refractivity contribution in [1.82, 2.24) is 5.32 Å². The van der Waals surface area contributed by atoms with Crippen LogP contribution in [0.3, 0.4) is 0 Å². The molecule has 104 valence electrons. The lowest BCUT2D eigenvalue weighted by atomic mass is 10.1. The van der Waals surface area contributed by atoms with E-state index in [1.54, 1.807) is 31.2 Å². The smallest absolute Gasteiger partial charge is 0.333 e. The van der Waals surface area contributed by atoms with Gasteiger partial charge in [-0.3, -0.25) is 4.79 Å². The summed E-state index contributed by atoms with van der Waals surface area (Å²) in [6.07, 6.45) is -0.0222. The van der Waals surface area contributed by atoms with Crippen LogP contribution in [0.2, 0.25) is 0 Å². The number of aliphatic hydroxyl groups excluding tert-OH is 1. The lowest BCUT2D eigenvalue weighted by Gasteiger charge is -2.17. The Morgan fingerprint density at radius 3 is 2.47 bits per heavy atom. The summed E-state index contributed by atoms with van der Waals surface area (Å²) in [7, 11) is 1.28. The molecule has 0 aliphatic heterocycles. The number of carbonyl (C=O) groups is 2. The first-order valence-electron chi connectivity index (χ1n) is 6.14. The van der Waals surface area contributed by atoms with Crippen molar-refractivity contribution in [3.05, 3.63) is 35.9 Å². The van der Waals surface area contributed by atoms with Crippen molar-refractivity contribution in [1.29, 1.82) is 0 Å². The molecule has 0 fully saturated rings. The number of rotatable bonds is 6. The zero-order valence-corrected chi connectivity index (χ0v) is 11.1. The van der Waals surface area contributed by atoms with E-state index >= 15 is 0 Å². The third kappa shape index (κ3) is 5.09. The predicted octanol–water partition coefficient (Wildman–Crippen LogP) is 1.18. The maximum absolute atomic E-state index is 11.7. The van der Waals surface area contributed by atoms with Gasteiger partial charge in [0.15, 0.2) is 6.04 Å². The second-order valence-electron chi connectivity index (χ2n) is 4.32. The van der Waals surface area contributed by atoms with Crippen LogP contribution in [0.5, 0.6) is 0 Å². The fourth-order valence-corrected chi connectivity index (χ4v) is 1.61. The van der Waals surface area contributed by atoms with Gasteiger partial charge in [-0.25, -0.2) is 4.79 Å². The van der Waals surface area contributed by atoms with Gasteiger partial charge in [-0.1, -0.05) is 30.3 Å². The molecule has 0 aliphatic carbocycles. The fourth-order valence-electron chi connectivity index (χ4n) is 1.61. The van der Waals surface area contributed by atoms with Crippen molar-refractivity contribution in [3.63, 3.8) is 0 Å². The van der Waals surface area contributed by atoms with Crippen LogP contribution in [0.15, 0.2) is 30.3 Å². The molecule has 2 unspecified atom stereocenters. The average Bonchev–Trinajstić information content (AvgIpc) is 2.42. The van der Waals surface area contributed by atoms with E-state index in [0.29, 0.717) is 12.0 Å². The number of benzene rings is 1. The van der Waals surface area contributed by atoms with E-state index in [0.717, 1.165) is 0 Å². The number of esters is 1. The predicted molar refractivity (Wildman–Crippen MR) is 70.3 cm³/mol. The topological polar surface area (TPSA) is 75.6 Å². The molecule has 0 aliphatic rings. The Labute approximate surface area is 112 Å². The quantitative estimate of drug-likeness (QED) is 0.757. The van der Waals surface area contributed by atoms with Gasteiger partial charge in [0.2, 0.25) is 5.91 Å². The van der Waals surface area contributed by atoms with E-state index in [1.165, 1.54) is 7.11 Å². The first-order valence-corrected chi connectivity index (χ1v) is 6.14. The SMILES string of the molecule is COC(=O)C(NC(=O)CCC(C)O)c1ccccc1. The highest BCUT2D eigenvalue weighted by molar-refractivity contribution is 5.85. The highest BCUT2D eigenvalue weighted by Gasteiger charge is 2.23. The summed E-state index contributed by atoms with van der Waals surface area (Å²) in [4.78, 5) is 23.4. The van der Waals surface area contributed by atoms with Crippen LogP contribution in [-0.2, 0) is 14.3 Å². The maximum Gasteiger partial charge on any atom is 0.333 e. The molecule has 2 N–H and O–H groups in total. The molecule has 0 aromatic heterocycles. The minimum atomic E-state index is -0.812. The minimum Gasteiger partial charge on any atom is -0.467 e. The zero-order valence-electron chi connectivity index (χ0n) is 11.1. The summed E-state index contributed by atoms with van der Waals surface area (Å²) in [6.45, 7) is 1.61. The Hall–Kier alpha value is -1.88. The van der Waals surface area contributed by atoms with Gasteiger partial charge in [0, 0.05) is 6.42 Å². The average molecular weight is 265 g/mol. The van der Waals surface area contributed by atoms with Crippen LogP contribution >= 0.6 is 0 Å². The Morgan fingerprint density at radius 2 is 1.95 bits per heavy atom. The van der Waals surface area contributed by atoms with Gasteiger partial charge in [-0.15, -0.1) is 0 Å². The number of hydrogen-bond donors (Lipinski definition) is 2. The van der Waals surface area contributed by atoms with E-state index in [-0.39, 0.29) is 12.3 Å². The Morgan fingerprint density at radius 1 is 1.32 bits per heavy atom. The number of hydrogen-bond acceptors (Lipinski definition) is 4. The second kappa shape index (κ2) is 7.53. The summed E-state index contributed by atoms with van der Waals surface area (Å²) in [5, 5.41) is 11.8. The summed E-state index contributed by atoms with van der Waals surface area (Å²) in [6, 6.07) is 8.08. The van der Waals surface area contributed by atoms with E-state index < -0.39 is 18.1 Å². The molecule has 0 radical (unpaired) electrons. The number of ether oxygens (including phenoxy) is 1. The van der Waals surface area contributed by atoms with Gasteiger partial charge in [-0.2, -0.15) is 0 Å². The highest BCUT2D eigenvalue weighted by atomic mass is 16.5. The third-order valence-electron chi connectivity index (χ3n) is 2.66. The molecule has 0 bridgehead atoms. The number of methoxy groups -OCH3 is 1. The number of nitrogens with one attached hydrogen (secondary N) is 1. The molecular weight excluding hydrogens is 246 g/mol. The largest absolute Gasteiger partial charge is 0.467 e. The van der Waals surface area contributed by atoms with Crippen LogP contribution in [0.1, 0.15) is 31.4 Å². The Kier molecular flexibility index (Phi) is 6.02. The summed E-state index contributed by atoms with van der Waals surface area (Å²) in [5.41, 5.74) is 0.666. The molecule has 0 saturated heterocycles. The van der Waals surface area contributed by atoms with Crippen molar-refractivity contribution in [2.24, 2.45) is 0 Å². The van der Waals surface area contributed by atoms with E-state index in [4.69, 9.17) is 9.84 Å². The van der Waals surface area contributed by atoms with Crippen molar-refractivity contribution >= 4 is 11.9 Å². The zero-order chi connectivity index (χ0) is 14.3. The van der Waals surface area contributed by atoms with Crippen molar-refractivity contribution in [3.8, 4) is 0 Å². The number of aliphatic hydroxyl groups is 1. The van der Waals surface area contributed by atoms with Gasteiger partial charge >= 0.3 is 5.97 Å². The van der Waals surface area contributed by atoms with Gasteiger partial charge in [0.1, 0.15) is 0 Å². The van der Waals surface area contributed by atoms with Crippen molar-refractivity contribution in [2.75, 3.05) is 7.11 Å². The standard InChI is InChI=1S/C14H19NO4/c1-10(16)8-9-12(17)15-13(14(18)19-2)11-6-4-3-5-7-11/h3-7,10,13,16H,8-9H2,1-2H3,(H,15,17). The van der Waals surface area contributed by atoms with E-state index in [9.17, 15) is 9.59 Å². The Balaban J connectivity index is 2.71. The Bertz CT molecular complexity index is 417. The molecular formula is C14H19NO4. The molecule has 1 rings (SSSR count). The molecule has 2 atom stereocenters. The van der Waals surface area contributed by atoms with Crippen molar-refractivity contribution in [2.45, 2.75) is 31.9 Å². The number of carbonyl (C=O) groups excluding carboxylic acids is 2. The first kappa shape index (κ1) is 15.2. The monoisotopic (exact) mass is 265 g/mol. The van der Waals surface area contributed by atoms with Gasteiger partial charge < -0.3 is 15.2 Å². The molecule has 0 spiro atoms. The molecule has 0 heterocycles. The summed E-state index contributed by atoms with van der Waals surface area (Å²) >= 11 is 0. The van der Waals surface area contributed by atoms with Crippen LogP contribution in [0.4, 0.5) is 0 Å². The lowest BCUT2D eigenvalue weighted by molar-refractivity contribution is -0.145. The van der Waals surface area contributed by atoms with Gasteiger partial charge in [0.05, 0.1) is 13.2 Å². The highest BCUT2D eigenvalue weighted by Crippen LogP contribution is 2.14. The molecule has 1 aromatic rings. The molecule has 5 nitrogen and oxygen atoms in total. The summed E-state index contributed by atoms with van der Waals surface area (Å²) in [5.74, 6) is -0.809. The van der Waals surface area contributed by atoms with Crippen LogP contribution < -0.4 is 5.32 Å². The van der Waals surface area contributed by atoms with Crippen LogP contribution in [0.25, 0.3) is 0 Å². The van der Waals surface area contributed by atoms with Crippen molar-refractivity contribution < 1.29 is 19.4 Å². The van der Waals surface area contributed by atoms with Gasteiger partial charge in [-0.05, 0) is 18.9 Å². The fraction of sp³-hybridized carbons (Fsp3) is 0.429. The molecule has 1 aromatic carbocycles. The van der Waals surface area contributed by atoms with E-state index in [2.05, 4.69) is 5.32 Å². The van der Waals surface area contributed by atoms with Gasteiger partial charge in [0.25, 0.3) is 0 Å². The lowest BCUT2D eigenvalue weighted by Crippen LogP contribution is -2.34. The molecule has 19 heavy (non-hydrogen) atoms. The molecule has 0 saturated carbocycles.